The van der Waals surface area contributed by atoms with Crippen molar-refractivity contribution in [1.82, 2.24) is 4.90 Å². The molecule has 1 unspecified atom stereocenters. The predicted octanol–water partition coefficient (Wildman–Crippen LogP) is 1.04. The first-order valence-electron chi connectivity index (χ1n) is 7.00. The highest BCUT2D eigenvalue weighted by Crippen LogP contribution is 2.22. The smallest absolute Gasteiger partial charge is 0.321 e. The molecule has 0 saturated carbocycles. The molecule has 118 valence electrons. The minimum Gasteiger partial charge on any atom is -0.495 e. The van der Waals surface area contributed by atoms with Gasteiger partial charge in [-0.1, -0.05) is 0 Å². The average Bonchev–Trinajstić information content (AvgIpc) is 2.80. The number of nitrogens with one attached hydrogen (secondary N) is 1. The number of aliphatic hydroxyl groups is 1. The number of carbonyl (C=O) groups is 1. The lowest BCUT2D eigenvalue weighted by molar-refractivity contribution is 0.0958. The van der Waals surface area contributed by atoms with Crippen LogP contribution in [0.2, 0.25) is 0 Å². The van der Waals surface area contributed by atoms with Gasteiger partial charge in [0.15, 0.2) is 0 Å². The summed E-state index contributed by atoms with van der Waals surface area (Å²) in [5, 5.41) is 21.1. The number of hydrogen-bond acceptors (Lipinski definition) is 5. The van der Waals surface area contributed by atoms with Crippen molar-refractivity contribution in [2.75, 3.05) is 45.3 Å². The third-order valence-corrected chi connectivity index (χ3v) is 3.45. The molecule has 1 aromatic carbocycles. The molecule has 22 heavy (non-hydrogen) atoms. The van der Waals surface area contributed by atoms with Crippen LogP contribution in [0.5, 0.6) is 5.75 Å². The second-order valence-electron chi connectivity index (χ2n) is 5.03. The highest BCUT2D eigenvalue weighted by molar-refractivity contribution is 5.89. The molecule has 1 saturated heterocycles. The van der Waals surface area contributed by atoms with Crippen LogP contribution < -0.4 is 10.1 Å². The quantitative estimate of drug-likeness (QED) is 0.870. The molecule has 2 N–H and O–H groups in total. The number of hydrogen-bond donors (Lipinski definition) is 2. The lowest BCUT2D eigenvalue weighted by Gasteiger charge is -2.23. The summed E-state index contributed by atoms with van der Waals surface area (Å²) >= 11 is 0. The van der Waals surface area contributed by atoms with Crippen LogP contribution in [-0.2, 0) is 4.74 Å². The van der Waals surface area contributed by atoms with E-state index in [1.165, 1.54) is 7.11 Å². The third-order valence-electron chi connectivity index (χ3n) is 3.45. The molecule has 1 atom stereocenters. The summed E-state index contributed by atoms with van der Waals surface area (Å²) < 4.78 is 10.4. The molecule has 1 aliphatic heterocycles. The van der Waals surface area contributed by atoms with Crippen LogP contribution in [0.3, 0.4) is 0 Å². The van der Waals surface area contributed by atoms with E-state index in [1.807, 2.05) is 6.07 Å². The molecule has 1 fully saturated rings. The zero-order valence-corrected chi connectivity index (χ0v) is 12.4. The molecule has 2 rings (SSSR count). The maximum atomic E-state index is 12.3. The Hall–Kier alpha value is -2.30. The van der Waals surface area contributed by atoms with Gasteiger partial charge in [0, 0.05) is 31.3 Å². The number of amides is 2. The van der Waals surface area contributed by atoms with E-state index in [1.54, 1.807) is 23.1 Å². The van der Waals surface area contributed by atoms with Crippen molar-refractivity contribution in [3.8, 4) is 11.8 Å². The predicted molar refractivity (Wildman–Crippen MR) is 79.7 cm³/mol. The molecule has 1 aromatic rings. The standard InChI is InChI=1S/C15H19N3O4/c1-21-14-3-2-13(6-12(14)7-16)17-15(20)18-4-5-22-10-11(8-18)9-19/h2-3,6,11,19H,4-5,8-10H2,1H3,(H,17,20). The number of benzene rings is 1. The maximum Gasteiger partial charge on any atom is 0.321 e. The van der Waals surface area contributed by atoms with Gasteiger partial charge in [0.05, 0.1) is 25.9 Å². The van der Waals surface area contributed by atoms with E-state index in [9.17, 15) is 9.90 Å². The van der Waals surface area contributed by atoms with E-state index in [-0.39, 0.29) is 18.6 Å². The van der Waals surface area contributed by atoms with Gasteiger partial charge in [-0.05, 0) is 18.2 Å². The maximum absolute atomic E-state index is 12.3. The monoisotopic (exact) mass is 305 g/mol. The van der Waals surface area contributed by atoms with Gasteiger partial charge in [-0.15, -0.1) is 0 Å². The fourth-order valence-electron chi connectivity index (χ4n) is 2.25. The SMILES string of the molecule is COc1ccc(NC(=O)N2CCOCC(CO)C2)cc1C#N. The number of anilines is 1. The van der Waals surface area contributed by atoms with Crippen molar-refractivity contribution in [2.45, 2.75) is 0 Å². The van der Waals surface area contributed by atoms with Crippen molar-refractivity contribution in [1.29, 1.82) is 5.26 Å². The number of urea groups is 1. The highest BCUT2D eigenvalue weighted by atomic mass is 16.5. The third kappa shape index (κ3) is 3.87. The van der Waals surface area contributed by atoms with Crippen molar-refractivity contribution in [3.63, 3.8) is 0 Å². The van der Waals surface area contributed by atoms with Gasteiger partial charge < -0.3 is 24.8 Å². The molecule has 2 amide bonds. The molecule has 0 spiro atoms. The summed E-state index contributed by atoms with van der Waals surface area (Å²) in [5.41, 5.74) is 0.876. The molecule has 0 bridgehead atoms. The average molecular weight is 305 g/mol. The first-order chi connectivity index (χ1) is 10.7. The second-order valence-corrected chi connectivity index (χ2v) is 5.03. The number of methoxy groups -OCH3 is 1. The number of nitrogens with zero attached hydrogens (tertiary/aromatic N) is 2. The molecule has 1 heterocycles. The van der Waals surface area contributed by atoms with Gasteiger partial charge in [-0.2, -0.15) is 5.26 Å². The first kappa shape index (κ1) is 16.1. The number of aliphatic hydroxyl groups excluding tert-OH is 1. The Kier molecular flexibility index (Phi) is 5.58. The van der Waals surface area contributed by atoms with Gasteiger partial charge in [0.25, 0.3) is 0 Å². The second kappa shape index (κ2) is 7.64. The fraction of sp³-hybridized carbons (Fsp3) is 0.467. The molecule has 7 nitrogen and oxygen atoms in total. The Labute approximate surface area is 129 Å². The lowest BCUT2D eigenvalue weighted by Crippen LogP contribution is -2.39. The van der Waals surface area contributed by atoms with E-state index in [4.69, 9.17) is 14.7 Å². The highest BCUT2D eigenvalue weighted by Gasteiger charge is 2.22. The van der Waals surface area contributed by atoms with Crippen molar-refractivity contribution in [2.24, 2.45) is 5.92 Å². The number of nitriles is 1. The van der Waals surface area contributed by atoms with Crippen LogP contribution in [0.1, 0.15) is 5.56 Å². The van der Waals surface area contributed by atoms with E-state index < -0.39 is 0 Å². The molecule has 0 aliphatic carbocycles. The Morgan fingerprint density at radius 2 is 2.45 bits per heavy atom. The number of rotatable bonds is 3. The summed E-state index contributed by atoms with van der Waals surface area (Å²) in [6.45, 7) is 1.76. The first-order valence-corrected chi connectivity index (χ1v) is 7.00. The Morgan fingerprint density at radius 3 is 3.14 bits per heavy atom. The minimum absolute atomic E-state index is 0.0229. The van der Waals surface area contributed by atoms with Gasteiger partial charge in [0.1, 0.15) is 11.8 Å². The van der Waals surface area contributed by atoms with Crippen molar-refractivity contribution in [3.05, 3.63) is 23.8 Å². The van der Waals surface area contributed by atoms with Crippen LogP contribution in [0.15, 0.2) is 18.2 Å². The van der Waals surface area contributed by atoms with Crippen LogP contribution in [0.4, 0.5) is 10.5 Å². The van der Waals surface area contributed by atoms with Crippen molar-refractivity contribution >= 4 is 11.7 Å². The lowest BCUT2D eigenvalue weighted by atomic mass is 10.1. The molecule has 0 radical (unpaired) electrons. The molecule has 0 aromatic heterocycles. The summed E-state index contributed by atoms with van der Waals surface area (Å²) in [7, 11) is 1.49. The van der Waals surface area contributed by atoms with E-state index in [0.717, 1.165) is 0 Å². The fourth-order valence-corrected chi connectivity index (χ4v) is 2.25. The molecule has 7 heteroatoms. The summed E-state index contributed by atoms with van der Waals surface area (Å²) in [4.78, 5) is 13.9. The summed E-state index contributed by atoms with van der Waals surface area (Å²) in [5.74, 6) is 0.378. The summed E-state index contributed by atoms with van der Waals surface area (Å²) in [6.07, 6.45) is 0. The van der Waals surface area contributed by atoms with Gasteiger partial charge in [-0.3, -0.25) is 0 Å². The van der Waals surface area contributed by atoms with Crippen molar-refractivity contribution < 1.29 is 19.4 Å². The zero-order valence-electron chi connectivity index (χ0n) is 12.4. The van der Waals surface area contributed by atoms with Gasteiger partial charge >= 0.3 is 6.03 Å². The van der Waals surface area contributed by atoms with Gasteiger partial charge in [-0.25, -0.2) is 4.79 Å². The topological polar surface area (TPSA) is 94.8 Å². The van der Waals surface area contributed by atoms with Gasteiger partial charge in [0.2, 0.25) is 0 Å². The van der Waals surface area contributed by atoms with E-state index in [2.05, 4.69) is 5.32 Å². The molecule has 1 aliphatic rings. The zero-order chi connectivity index (χ0) is 15.9. The van der Waals surface area contributed by atoms with E-state index in [0.29, 0.717) is 43.3 Å². The van der Waals surface area contributed by atoms with E-state index >= 15 is 0 Å². The van der Waals surface area contributed by atoms with Crippen LogP contribution >= 0.6 is 0 Å². The minimum atomic E-state index is -0.280. The van der Waals surface area contributed by atoms with Crippen LogP contribution in [-0.4, -0.2) is 56.1 Å². The summed E-state index contributed by atoms with van der Waals surface area (Å²) in [6, 6.07) is 6.62. The number of ether oxygens (including phenoxy) is 2. The normalized spacial score (nSPS) is 18.2. The van der Waals surface area contributed by atoms with Crippen LogP contribution in [0, 0.1) is 17.2 Å². The molecular weight excluding hydrogens is 286 g/mol. The molecular formula is C15H19N3O4. The number of carbonyl (C=O) groups excluding carboxylic acids is 1. The Balaban J connectivity index is 2.06. The largest absolute Gasteiger partial charge is 0.495 e. The van der Waals surface area contributed by atoms with Crippen LogP contribution in [0.25, 0.3) is 0 Å². The Morgan fingerprint density at radius 1 is 1.64 bits per heavy atom. The Bertz CT molecular complexity index is 570.